The minimum atomic E-state index is 0.268. The number of hydrogen-bond donors (Lipinski definition) is 2. The number of aryl methyl sites for hydroxylation is 2. The molecule has 0 unspecified atom stereocenters. The van der Waals surface area contributed by atoms with Crippen molar-refractivity contribution < 1.29 is 14.9 Å². The van der Waals surface area contributed by atoms with Crippen LogP contribution in [0.4, 0.5) is 0 Å². The predicted molar refractivity (Wildman–Crippen MR) is 100 cm³/mol. The molecule has 0 saturated carbocycles. The van der Waals surface area contributed by atoms with E-state index in [9.17, 15) is 10.2 Å². The van der Waals surface area contributed by atoms with Crippen molar-refractivity contribution in [3.8, 4) is 17.4 Å². The number of hydrogen-bond acceptors (Lipinski definition) is 3. The molecular formula is C21H25NO3. The summed E-state index contributed by atoms with van der Waals surface area (Å²) in [5.74, 6) is 1.34. The zero-order valence-corrected chi connectivity index (χ0v) is 14.6. The molecule has 4 nitrogen and oxygen atoms in total. The van der Waals surface area contributed by atoms with Crippen LogP contribution < -0.4 is 4.74 Å². The van der Waals surface area contributed by atoms with Gasteiger partial charge in [0.15, 0.2) is 5.88 Å². The Morgan fingerprint density at radius 3 is 2.56 bits per heavy atom. The molecule has 0 radical (unpaired) electrons. The number of phenols is 1. The Morgan fingerprint density at radius 2 is 1.80 bits per heavy atom. The maximum Gasteiger partial charge on any atom is 0.199 e. The fraction of sp³-hybridized carbons (Fsp3) is 0.333. The van der Waals surface area contributed by atoms with Crippen molar-refractivity contribution in [3.63, 3.8) is 0 Å². The SMILES string of the molecule is CCCCCOc1ccc2cn(CCc3ccc(O)cc3)c(O)c2c1. The van der Waals surface area contributed by atoms with Gasteiger partial charge in [0.25, 0.3) is 0 Å². The van der Waals surface area contributed by atoms with Crippen LogP contribution in [0.25, 0.3) is 10.8 Å². The summed E-state index contributed by atoms with van der Waals surface area (Å²) in [6.07, 6.45) is 6.14. The van der Waals surface area contributed by atoms with Gasteiger partial charge in [-0.05, 0) is 48.7 Å². The fourth-order valence-electron chi connectivity index (χ4n) is 2.94. The average molecular weight is 339 g/mol. The second kappa shape index (κ2) is 7.97. The van der Waals surface area contributed by atoms with Gasteiger partial charge in [0.1, 0.15) is 11.5 Å². The number of rotatable bonds is 8. The van der Waals surface area contributed by atoms with Crippen LogP contribution >= 0.6 is 0 Å². The standard InChI is InChI=1S/C21H25NO3/c1-2-3-4-13-25-19-10-7-17-15-22(21(24)20(17)14-19)12-11-16-5-8-18(23)9-6-16/h5-10,14-15,23-24H,2-4,11-13H2,1H3. The molecule has 3 rings (SSSR count). The molecule has 0 saturated heterocycles. The first-order valence-electron chi connectivity index (χ1n) is 8.90. The van der Waals surface area contributed by atoms with Crippen molar-refractivity contribution >= 4 is 10.8 Å². The van der Waals surface area contributed by atoms with E-state index < -0.39 is 0 Å². The van der Waals surface area contributed by atoms with E-state index >= 15 is 0 Å². The molecule has 1 aromatic heterocycles. The Labute approximate surface area is 148 Å². The van der Waals surface area contributed by atoms with E-state index in [1.807, 2.05) is 41.1 Å². The number of benzene rings is 2. The highest BCUT2D eigenvalue weighted by Gasteiger charge is 2.09. The van der Waals surface area contributed by atoms with Crippen molar-refractivity contribution in [1.82, 2.24) is 4.57 Å². The smallest absolute Gasteiger partial charge is 0.199 e. The van der Waals surface area contributed by atoms with Gasteiger partial charge in [0, 0.05) is 23.5 Å². The predicted octanol–water partition coefficient (Wildman–Crippen LogP) is 4.86. The van der Waals surface area contributed by atoms with Gasteiger partial charge in [0.2, 0.25) is 0 Å². The van der Waals surface area contributed by atoms with E-state index in [1.165, 1.54) is 12.8 Å². The number of aromatic hydroxyl groups is 2. The van der Waals surface area contributed by atoms with Crippen molar-refractivity contribution in [3.05, 3.63) is 54.2 Å². The van der Waals surface area contributed by atoms with Crippen LogP contribution in [0.3, 0.4) is 0 Å². The average Bonchev–Trinajstić information content (AvgIpc) is 2.94. The third-order valence-electron chi connectivity index (χ3n) is 4.43. The van der Waals surface area contributed by atoms with Gasteiger partial charge < -0.3 is 19.5 Å². The number of nitrogens with zero attached hydrogens (tertiary/aromatic N) is 1. The molecule has 0 atom stereocenters. The number of unbranched alkanes of at least 4 members (excludes halogenated alkanes) is 2. The largest absolute Gasteiger partial charge is 0.508 e. The molecule has 2 aromatic carbocycles. The van der Waals surface area contributed by atoms with Crippen LogP contribution in [0.15, 0.2) is 48.7 Å². The van der Waals surface area contributed by atoms with E-state index in [1.54, 1.807) is 12.1 Å². The van der Waals surface area contributed by atoms with E-state index in [0.717, 1.165) is 34.9 Å². The van der Waals surface area contributed by atoms with Gasteiger partial charge in [-0.15, -0.1) is 0 Å². The molecular weight excluding hydrogens is 314 g/mol. The van der Waals surface area contributed by atoms with Crippen LogP contribution in [0.2, 0.25) is 0 Å². The molecule has 0 aliphatic heterocycles. The number of ether oxygens (including phenoxy) is 1. The highest BCUT2D eigenvalue weighted by molar-refractivity contribution is 5.89. The van der Waals surface area contributed by atoms with Gasteiger partial charge in [-0.3, -0.25) is 0 Å². The van der Waals surface area contributed by atoms with Gasteiger partial charge in [-0.2, -0.15) is 0 Å². The van der Waals surface area contributed by atoms with E-state index in [0.29, 0.717) is 13.2 Å². The number of fused-ring (bicyclic) bond motifs is 1. The minimum absolute atomic E-state index is 0.268. The Bertz CT molecular complexity index is 821. The lowest BCUT2D eigenvalue weighted by molar-refractivity contribution is 0.306. The molecule has 0 bridgehead atoms. The first-order valence-corrected chi connectivity index (χ1v) is 8.90. The highest BCUT2D eigenvalue weighted by Crippen LogP contribution is 2.31. The molecule has 1 heterocycles. The molecule has 0 aliphatic carbocycles. The molecule has 0 fully saturated rings. The van der Waals surface area contributed by atoms with Crippen molar-refractivity contribution in [2.24, 2.45) is 0 Å². The topological polar surface area (TPSA) is 54.6 Å². The van der Waals surface area contributed by atoms with Crippen LogP contribution in [0.5, 0.6) is 17.4 Å². The zero-order chi connectivity index (χ0) is 17.6. The van der Waals surface area contributed by atoms with E-state index in [2.05, 4.69) is 6.92 Å². The maximum atomic E-state index is 10.5. The fourth-order valence-corrected chi connectivity index (χ4v) is 2.94. The van der Waals surface area contributed by atoms with E-state index in [-0.39, 0.29) is 11.6 Å². The quantitative estimate of drug-likeness (QED) is 0.576. The third kappa shape index (κ3) is 4.27. The first kappa shape index (κ1) is 17.2. The van der Waals surface area contributed by atoms with Gasteiger partial charge in [-0.25, -0.2) is 0 Å². The van der Waals surface area contributed by atoms with Crippen molar-refractivity contribution in [2.75, 3.05) is 6.61 Å². The Hall–Kier alpha value is -2.62. The maximum absolute atomic E-state index is 10.5. The second-order valence-corrected chi connectivity index (χ2v) is 6.37. The molecule has 2 N–H and O–H groups in total. The van der Waals surface area contributed by atoms with Crippen LogP contribution in [0.1, 0.15) is 31.7 Å². The number of aromatic nitrogens is 1. The summed E-state index contributed by atoms with van der Waals surface area (Å²) in [6.45, 7) is 3.56. The Morgan fingerprint density at radius 1 is 1.00 bits per heavy atom. The normalized spacial score (nSPS) is 11.1. The van der Waals surface area contributed by atoms with E-state index in [4.69, 9.17) is 4.74 Å². The molecule has 4 heteroatoms. The molecule has 3 aromatic rings. The van der Waals surface area contributed by atoms with Crippen molar-refractivity contribution in [1.29, 1.82) is 0 Å². The summed E-state index contributed by atoms with van der Waals surface area (Å²) in [7, 11) is 0. The molecule has 25 heavy (non-hydrogen) atoms. The van der Waals surface area contributed by atoms with Crippen LogP contribution in [0, 0.1) is 0 Å². The Balaban J connectivity index is 1.69. The van der Waals surface area contributed by atoms with Gasteiger partial charge >= 0.3 is 0 Å². The lowest BCUT2D eigenvalue weighted by atomic mass is 10.1. The zero-order valence-electron chi connectivity index (χ0n) is 14.6. The summed E-state index contributed by atoms with van der Waals surface area (Å²) < 4.78 is 7.64. The van der Waals surface area contributed by atoms with Crippen LogP contribution in [-0.2, 0) is 13.0 Å². The Kier molecular flexibility index (Phi) is 5.49. The summed E-state index contributed by atoms with van der Waals surface area (Å²) in [5.41, 5.74) is 1.12. The summed E-state index contributed by atoms with van der Waals surface area (Å²) in [4.78, 5) is 0. The second-order valence-electron chi connectivity index (χ2n) is 6.37. The van der Waals surface area contributed by atoms with Gasteiger partial charge in [-0.1, -0.05) is 31.9 Å². The summed E-state index contributed by atoms with van der Waals surface area (Å²) in [6, 6.07) is 13.0. The lowest BCUT2D eigenvalue weighted by Gasteiger charge is -2.06. The molecule has 0 spiro atoms. The summed E-state index contributed by atoms with van der Waals surface area (Å²) >= 11 is 0. The minimum Gasteiger partial charge on any atom is -0.508 e. The van der Waals surface area contributed by atoms with Crippen molar-refractivity contribution in [2.45, 2.75) is 39.2 Å². The lowest BCUT2D eigenvalue weighted by Crippen LogP contribution is -1.99. The third-order valence-corrected chi connectivity index (χ3v) is 4.43. The molecule has 132 valence electrons. The monoisotopic (exact) mass is 339 g/mol. The number of phenolic OH excluding ortho intramolecular Hbond substituents is 1. The van der Waals surface area contributed by atoms with Crippen LogP contribution in [-0.4, -0.2) is 21.4 Å². The summed E-state index contributed by atoms with van der Waals surface area (Å²) in [5, 5.41) is 21.7. The highest BCUT2D eigenvalue weighted by atomic mass is 16.5. The molecule has 0 aliphatic rings. The van der Waals surface area contributed by atoms with Gasteiger partial charge in [0.05, 0.1) is 6.61 Å². The first-order chi connectivity index (χ1) is 12.2. The molecule has 0 amide bonds.